The fraction of sp³-hybridized carbons (Fsp3) is 0.0484. The maximum absolute atomic E-state index is 6.33. The average molecular weight is 891 g/mol. The van der Waals surface area contributed by atoms with Crippen LogP contribution in [-0.4, -0.2) is 19.5 Å². The van der Waals surface area contributed by atoms with Crippen LogP contribution in [0.3, 0.4) is 0 Å². The van der Waals surface area contributed by atoms with E-state index in [4.69, 9.17) is 19.4 Å². The summed E-state index contributed by atoms with van der Waals surface area (Å²) in [6, 6.07) is 73.4. The maximum Gasteiger partial charge on any atom is 0.164 e. The van der Waals surface area contributed by atoms with Gasteiger partial charge in [0, 0.05) is 75.0 Å². The molecule has 0 saturated heterocycles. The highest BCUT2D eigenvalue weighted by Crippen LogP contribution is 2.46. The van der Waals surface area contributed by atoms with E-state index in [0.29, 0.717) is 17.5 Å². The van der Waals surface area contributed by atoms with E-state index >= 15 is 0 Å². The van der Waals surface area contributed by atoms with Gasteiger partial charge in [-0.2, -0.15) is 0 Å². The molecule has 10 aromatic carbocycles. The quantitative estimate of drug-likeness (QED) is 0.162. The highest BCUT2D eigenvalue weighted by molar-refractivity contribution is 7.25. The second-order valence-corrected chi connectivity index (χ2v) is 18.5. The molecule has 322 valence electrons. The summed E-state index contributed by atoms with van der Waals surface area (Å²) in [7, 11) is 0. The molecule has 0 unspecified atom stereocenters. The topological polar surface area (TPSA) is 56.7 Å². The minimum atomic E-state index is 0.579. The molecule has 4 heterocycles. The van der Waals surface area contributed by atoms with Gasteiger partial charge in [0.25, 0.3) is 0 Å². The van der Waals surface area contributed by atoms with Crippen LogP contribution in [0.5, 0.6) is 0 Å². The zero-order valence-electron chi connectivity index (χ0n) is 37.4. The first-order valence-corrected chi connectivity index (χ1v) is 24.1. The highest BCUT2D eigenvalue weighted by atomic mass is 32.1. The summed E-state index contributed by atoms with van der Waals surface area (Å²) >= 11 is 1.85. The summed E-state index contributed by atoms with van der Waals surface area (Å²) in [4.78, 5) is 15.5. The van der Waals surface area contributed by atoms with Crippen LogP contribution >= 0.6 is 11.3 Å². The number of thiophene rings is 1. The van der Waals surface area contributed by atoms with E-state index in [2.05, 4.69) is 170 Å². The van der Waals surface area contributed by atoms with Gasteiger partial charge in [-0.3, -0.25) is 0 Å². The van der Waals surface area contributed by atoms with Crippen LogP contribution in [0.15, 0.2) is 211 Å². The Morgan fingerprint density at radius 1 is 0.382 bits per heavy atom. The lowest BCUT2D eigenvalue weighted by Crippen LogP contribution is -2.01. The number of benzene rings is 10. The molecule has 5 nitrogen and oxygen atoms in total. The van der Waals surface area contributed by atoms with Crippen LogP contribution in [-0.2, 0) is 0 Å². The lowest BCUT2D eigenvalue weighted by atomic mass is 9.96. The predicted octanol–water partition coefficient (Wildman–Crippen LogP) is 17.6. The molecule has 0 aliphatic carbocycles. The number of para-hydroxylation sites is 2. The summed E-state index contributed by atoms with van der Waals surface area (Å²) < 4.78 is 11.4. The van der Waals surface area contributed by atoms with Crippen molar-refractivity contribution < 1.29 is 4.42 Å². The van der Waals surface area contributed by atoms with Gasteiger partial charge in [0.2, 0.25) is 0 Å². The van der Waals surface area contributed by atoms with Crippen molar-refractivity contribution in [2.75, 3.05) is 0 Å². The Labute approximate surface area is 396 Å². The van der Waals surface area contributed by atoms with Crippen molar-refractivity contribution in [3.63, 3.8) is 0 Å². The largest absolute Gasteiger partial charge is 0.456 e. The van der Waals surface area contributed by atoms with Crippen LogP contribution in [0, 0.1) is 0 Å². The zero-order chi connectivity index (χ0) is 45.3. The van der Waals surface area contributed by atoms with Gasteiger partial charge >= 0.3 is 0 Å². The molecule has 0 N–H and O–H groups in total. The average Bonchev–Trinajstić information content (AvgIpc) is 4.09. The van der Waals surface area contributed by atoms with E-state index in [1.165, 1.54) is 75.6 Å². The van der Waals surface area contributed by atoms with E-state index in [9.17, 15) is 0 Å². The van der Waals surface area contributed by atoms with Crippen molar-refractivity contribution in [1.82, 2.24) is 19.5 Å². The molecule has 0 amide bonds. The first-order chi connectivity index (χ1) is 33.6. The molecular formula is C62H42N4OS. The zero-order valence-corrected chi connectivity index (χ0v) is 38.3. The molecule has 14 aromatic rings. The number of nitrogens with zero attached hydrogens (tertiary/aromatic N) is 4. The summed E-state index contributed by atoms with van der Waals surface area (Å²) in [5.41, 5.74) is 10.0. The number of furan rings is 1. The van der Waals surface area contributed by atoms with Gasteiger partial charge in [0.15, 0.2) is 17.5 Å². The van der Waals surface area contributed by atoms with Crippen LogP contribution in [0.2, 0.25) is 0 Å². The van der Waals surface area contributed by atoms with E-state index in [1.807, 2.05) is 65.9 Å². The van der Waals surface area contributed by atoms with Crippen LogP contribution in [0.25, 0.3) is 136 Å². The van der Waals surface area contributed by atoms with Gasteiger partial charge in [-0.25, -0.2) is 15.0 Å². The third kappa shape index (κ3) is 6.40. The molecule has 14 rings (SSSR count). The summed E-state index contributed by atoms with van der Waals surface area (Å²) in [5.74, 6) is 1.77. The van der Waals surface area contributed by atoms with Crippen molar-refractivity contribution in [2.45, 2.75) is 20.3 Å². The minimum Gasteiger partial charge on any atom is -0.456 e. The fourth-order valence-corrected chi connectivity index (χ4v) is 11.3. The highest BCUT2D eigenvalue weighted by Gasteiger charge is 2.23. The smallest absolute Gasteiger partial charge is 0.164 e. The van der Waals surface area contributed by atoms with Crippen molar-refractivity contribution in [3.05, 3.63) is 206 Å². The first-order valence-electron chi connectivity index (χ1n) is 23.3. The second kappa shape index (κ2) is 16.2. The predicted molar refractivity (Wildman–Crippen MR) is 287 cm³/mol. The number of fused-ring (bicyclic) bond motifs is 14. The number of hydrogen-bond donors (Lipinski definition) is 0. The molecule has 0 atom stereocenters. The standard InChI is InChI=1S/C59H34N4OS.C3H8/c1-2-14-35(15-3-1)57-60-58(62-59(61-57)38-29-30-44-43-20-8-10-26-50(43)64-51(44)33-38)37-16-12-17-39(32-37)63-55-40(36-28-31-46-45-21-9-11-27-52(45)65-53(46)34-36)24-13-25-49(55)54-47-22-6-4-18-41(47)42-19-5-7-23-48(42)56(54)63;1-3-2/h1-34H;3H2,1-2H3. The number of rotatable bonds is 5. The van der Waals surface area contributed by atoms with Crippen molar-refractivity contribution >= 4 is 96.8 Å². The van der Waals surface area contributed by atoms with Gasteiger partial charge in [-0.15, -0.1) is 11.3 Å². The first kappa shape index (κ1) is 39.9. The Morgan fingerprint density at radius 3 is 1.72 bits per heavy atom. The third-order valence-corrected chi connectivity index (χ3v) is 14.1. The van der Waals surface area contributed by atoms with Crippen LogP contribution in [0.1, 0.15) is 20.3 Å². The van der Waals surface area contributed by atoms with Crippen LogP contribution in [0.4, 0.5) is 0 Å². The summed E-state index contributed by atoms with van der Waals surface area (Å²) in [6.45, 7) is 4.25. The van der Waals surface area contributed by atoms with E-state index in [1.54, 1.807) is 0 Å². The normalized spacial score (nSPS) is 11.7. The monoisotopic (exact) mass is 890 g/mol. The Bertz CT molecular complexity index is 4280. The molecule has 0 aliphatic rings. The molecule has 0 spiro atoms. The minimum absolute atomic E-state index is 0.579. The van der Waals surface area contributed by atoms with Gasteiger partial charge in [0.05, 0.1) is 11.0 Å². The lowest BCUT2D eigenvalue weighted by Gasteiger charge is -2.15. The summed E-state index contributed by atoms with van der Waals surface area (Å²) in [5, 5.41) is 12.1. The lowest BCUT2D eigenvalue weighted by molar-refractivity contribution is 0.669. The van der Waals surface area contributed by atoms with Gasteiger partial charge in [-0.05, 0) is 64.2 Å². The Balaban J connectivity index is 0.00000149. The van der Waals surface area contributed by atoms with Crippen molar-refractivity contribution in [1.29, 1.82) is 0 Å². The SMILES string of the molecule is CCC.c1ccc(-c2nc(-c3cccc(-n4c5c(-c6ccc7c(c6)sc6ccccc67)cccc5c5c6ccccc6c6ccccc6c54)c3)nc(-c3ccc4c(c3)oc3ccccc34)n2)cc1. The van der Waals surface area contributed by atoms with E-state index < -0.39 is 0 Å². The molecule has 4 aromatic heterocycles. The Kier molecular flexibility index (Phi) is 9.48. The van der Waals surface area contributed by atoms with Gasteiger partial charge in [0.1, 0.15) is 11.2 Å². The second-order valence-electron chi connectivity index (χ2n) is 17.4. The molecule has 6 heteroatoms. The van der Waals surface area contributed by atoms with Crippen molar-refractivity contribution in [3.8, 4) is 51.0 Å². The molecule has 0 saturated carbocycles. The van der Waals surface area contributed by atoms with Crippen LogP contribution < -0.4 is 0 Å². The molecule has 68 heavy (non-hydrogen) atoms. The fourth-order valence-electron chi connectivity index (χ4n) is 10.1. The Hall–Kier alpha value is -8.45. The summed E-state index contributed by atoms with van der Waals surface area (Å²) in [6.07, 6.45) is 1.25. The Morgan fingerprint density at radius 2 is 0.926 bits per heavy atom. The number of hydrogen-bond acceptors (Lipinski definition) is 5. The molecule has 0 aliphatic heterocycles. The molecular weight excluding hydrogens is 849 g/mol. The van der Waals surface area contributed by atoms with Gasteiger partial charge < -0.3 is 8.98 Å². The third-order valence-electron chi connectivity index (χ3n) is 13.0. The molecule has 0 fully saturated rings. The molecule has 0 bridgehead atoms. The van der Waals surface area contributed by atoms with E-state index in [0.717, 1.165) is 49.8 Å². The number of aromatic nitrogens is 4. The molecule has 0 radical (unpaired) electrons. The van der Waals surface area contributed by atoms with E-state index in [-0.39, 0.29) is 0 Å². The van der Waals surface area contributed by atoms with Gasteiger partial charge in [-0.1, -0.05) is 184 Å². The maximum atomic E-state index is 6.33. The van der Waals surface area contributed by atoms with Crippen molar-refractivity contribution in [2.24, 2.45) is 0 Å².